The number of halogens is 2. The predicted molar refractivity (Wildman–Crippen MR) is 125 cm³/mol. The number of benzene rings is 3. The van der Waals surface area contributed by atoms with Crippen molar-refractivity contribution in [3.05, 3.63) is 77.7 Å². The molecule has 4 aromatic rings. The zero-order chi connectivity index (χ0) is 23.4. The standard InChI is InChI=1S/C24H19ClFN3O4/c1-31-22-12-17-20(13-23(22)32-2)27-10-9-21(17)33-16-7-8-19(18(25)11-16)29-24(30)28-15-5-3-14(26)4-6-15/h3-13H,1-2H3,(H2,28,29,30). The van der Waals surface area contributed by atoms with Gasteiger partial charge in [0.25, 0.3) is 0 Å². The summed E-state index contributed by atoms with van der Waals surface area (Å²) in [6.45, 7) is 0. The molecular formula is C24H19ClFN3O4. The van der Waals surface area contributed by atoms with Crippen molar-refractivity contribution in [3.63, 3.8) is 0 Å². The molecule has 0 radical (unpaired) electrons. The Hall–Kier alpha value is -4.04. The highest BCUT2D eigenvalue weighted by Crippen LogP contribution is 2.37. The number of nitrogens with zero attached hydrogens (tertiary/aromatic N) is 1. The SMILES string of the molecule is COc1cc2nccc(Oc3ccc(NC(=O)Nc4ccc(F)cc4)c(Cl)c3)c2cc1OC. The molecule has 0 unspecified atom stereocenters. The van der Waals surface area contributed by atoms with Gasteiger partial charge in [0, 0.05) is 29.4 Å². The highest BCUT2D eigenvalue weighted by Gasteiger charge is 2.13. The van der Waals surface area contributed by atoms with Crippen molar-refractivity contribution in [3.8, 4) is 23.0 Å². The summed E-state index contributed by atoms with van der Waals surface area (Å²) < 4.78 is 29.7. The van der Waals surface area contributed by atoms with Gasteiger partial charge in [-0.25, -0.2) is 9.18 Å². The van der Waals surface area contributed by atoms with E-state index >= 15 is 0 Å². The van der Waals surface area contributed by atoms with E-state index in [4.69, 9.17) is 25.8 Å². The van der Waals surface area contributed by atoms with Gasteiger partial charge in [0.05, 0.1) is 30.4 Å². The van der Waals surface area contributed by atoms with E-state index in [9.17, 15) is 9.18 Å². The van der Waals surface area contributed by atoms with Crippen LogP contribution in [0.4, 0.5) is 20.6 Å². The van der Waals surface area contributed by atoms with E-state index in [1.165, 1.54) is 24.3 Å². The quantitative estimate of drug-likeness (QED) is 0.339. The first kappa shape index (κ1) is 22.2. The molecule has 0 atom stereocenters. The Morgan fingerprint density at radius 1 is 0.909 bits per heavy atom. The van der Waals surface area contributed by atoms with Crippen LogP contribution in [0.15, 0.2) is 66.9 Å². The van der Waals surface area contributed by atoms with Gasteiger partial charge in [0.1, 0.15) is 17.3 Å². The lowest BCUT2D eigenvalue weighted by atomic mass is 10.2. The molecule has 168 valence electrons. The summed E-state index contributed by atoms with van der Waals surface area (Å²) >= 11 is 6.35. The molecule has 7 nitrogen and oxygen atoms in total. The second-order valence-corrected chi connectivity index (χ2v) is 7.27. The van der Waals surface area contributed by atoms with E-state index in [-0.39, 0.29) is 10.8 Å². The molecule has 1 heterocycles. The summed E-state index contributed by atoms with van der Waals surface area (Å²) in [5, 5.41) is 6.26. The summed E-state index contributed by atoms with van der Waals surface area (Å²) in [6.07, 6.45) is 1.63. The molecule has 0 aliphatic heterocycles. The number of nitrogens with one attached hydrogen (secondary N) is 2. The zero-order valence-corrected chi connectivity index (χ0v) is 18.4. The largest absolute Gasteiger partial charge is 0.493 e. The normalized spacial score (nSPS) is 10.5. The highest BCUT2D eigenvalue weighted by molar-refractivity contribution is 6.34. The number of amides is 2. The van der Waals surface area contributed by atoms with Crippen LogP contribution in [-0.2, 0) is 0 Å². The van der Waals surface area contributed by atoms with Crippen molar-refractivity contribution in [2.45, 2.75) is 0 Å². The summed E-state index contributed by atoms with van der Waals surface area (Å²) in [5.74, 6) is 1.73. The first-order valence-corrected chi connectivity index (χ1v) is 10.2. The Bertz CT molecular complexity index is 1320. The lowest BCUT2D eigenvalue weighted by Crippen LogP contribution is -2.19. The van der Waals surface area contributed by atoms with E-state index in [0.717, 1.165) is 5.39 Å². The van der Waals surface area contributed by atoms with Crippen LogP contribution in [0.2, 0.25) is 5.02 Å². The topological polar surface area (TPSA) is 81.7 Å². The maximum Gasteiger partial charge on any atom is 0.323 e. The van der Waals surface area contributed by atoms with Gasteiger partial charge in [-0.3, -0.25) is 4.98 Å². The van der Waals surface area contributed by atoms with E-state index in [1.54, 1.807) is 56.8 Å². The number of carbonyl (C=O) groups excluding carboxylic acids is 1. The smallest absolute Gasteiger partial charge is 0.323 e. The van der Waals surface area contributed by atoms with E-state index < -0.39 is 6.03 Å². The lowest BCUT2D eigenvalue weighted by Gasteiger charge is -2.13. The van der Waals surface area contributed by atoms with Gasteiger partial charge < -0.3 is 24.8 Å². The predicted octanol–water partition coefficient (Wildman–Crippen LogP) is 6.48. The van der Waals surface area contributed by atoms with Crippen LogP contribution in [0.5, 0.6) is 23.0 Å². The second-order valence-electron chi connectivity index (χ2n) is 6.86. The van der Waals surface area contributed by atoms with E-state index in [0.29, 0.717) is 39.9 Å². The van der Waals surface area contributed by atoms with Crippen molar-refractivity contribution in [1.29, 1.82) is 0 Å². The number of ether oxygens (including phenoxy) is 3. The Morgan fingerprint density at radius 3 is 2.33 bits per heavy atom. The van der Waals surface area contributed by atoms with Crippen LogP contribution in [0.1, 0.15) is 0 Å². The van der Waals surface area contributed by atoms with E-state index in [1.807, 2.05) is 0 Å². The number of methoxy groups -OCH3 is 2. The van der Waals surface area contributed by atoms with Crippen molar-refractivity contribution in [2.24, 2.45) is 0 Å². The Kier molecular flexibility index (Phi) is 6.46. The third-order valence-electron chi connectivity index (χ3n) is 4.73. The van der Waals surface area contributed by atoms with Gasteiger partial charge >= 0.3 is 6.03 Å². The fourth-order valence-corrected chi connectivity index (χ4v) is 3.36. The van der Waals surface area contributed by atoms with Crippen molar-refractivity contribution < 1.29 is 23.4 Å². The second kappa shape index (κ2) is 9.62. The van der Waals surface area contributed by atoms with Crippen LogP contribution in [0, 0.1) is 5.82 Å². The summed E-state index contributed by atoms with van der Waals surface area (Å²) in [6, 6.07) is 15.1. The number of fused-ring (bicyclic) bond motifs is 1. The molecule has 4 rings (SSSR count). The van der Waals surface area contributed by atoms with Crippen molar-refractivity contribution in [1.82, 2.24) is 4.98 Å². The Labute approximate surface area is 194 Å². The Balaban J connectivity index is 1.52. The van der Waals surface area contributed by atoms with Gasteiger partial charge in [-0.05, 0) is 48.5 Å². The molecule has 0 saturated carbocycles. The van der Waals surface area contributed by atoms with Crippen molar-refractivity contribution in [2.75, 3.05) is 24.9 Å². The number of urea groups is 1. The maximum atomic E-state index is 13.0. The van der Waals surface area contributed by atoms with Crippen LogP contribution in [-0.4, -0.2) is 25.2 Å². The molecule has 0 aliphatic rings. The molecule has 33 heavy (non-hydrogen) atoms. The molecule has 0 spiro atoms. The van der Waals surface area contributed by atoms with Crippen molar-refractivity contribution >= 4 is 39.9 Å². The number of anilines is 2. The van der Waals surface area contributed by atoms with E-state index in [2.05, 4.69) is 15.6 Å². The molecule has 0 bridgehead atoms. The number of hydrogen-bond acceptors (Lipinski definition) is 5. The Morgan fingerprint density at radius 2 is 1.64 bits per heavy atom. The average Bonchev–Trinajstić information content (AvgIpc) is 2.81. The number of carbonyl (C=O) groups is 1. The molecule has 0 aliphatic carbocycles. The monoisotopic (exact) mass is 467 g/mol. The molecular weight excluding hydrogens is 449 g/mol. The summed E-state index contributed by atoms with van der Waals surface area (Å²) in [5.41, 5.74) is 1.50. The molecule has 0 fully saturated rings. The molecule has 2 amide bonds. The summed E-state index contributed by atoms with van der Waals surface area (Å²) in [7, 11) is 3.11. The summed E-state index contributed by atoms with van der Waals surface area (Å²) in [4.78, 5) is 16.6. The molecule has 0 saturated heterocycles. The van der Waals surface area contributed by atoms with Crippen LogP contribution in [0.25, 0.3) is 10.9 Å². The van der Waals surface area contributed by atoms with Crippen LogP contribution >= 0.6 is 11.6 Å². The minimum Gasteiger partial charge on any atom is -0.493 e. The first-order valence-electron chi connectivity index (χ1n) is 9.78. The first-order chi connectivity index (χ1) is 16.0. The van der Waals surface area contributed by atoms with Crippen LogP contribution < -0.4 is 24.8 Å². The zero-order valence-electron chi connectivity index (χ0n) is 17.7. The molecule has 3 aromatic carbocycles. The third-order valence-corrected chi connectivity index (χ3v) is 5.04. The number of aromatic nitrogens is 1. The minimum atomic E-state index is -0.515. The minimum absolute atomic E-state index is 0.277. The van der Waals surface area contributed by atoms with Gasteiger partial charge in [0.2, 0.25) is 0 Å². The van der Waals surface area contributed by atoms with Gasteiger partial charge in [-0.15, -0.1) is 0 Å². The fourth-order valence-electron chi connectivity index (χ4n) is 3.14. The number of hydrogen-bond donors (Lipinski definition) is 2. The number of rotatable bonds is 6. The van der Waals surface area contributed by atoms with Gasteiger partial charge in [0.15, 0.2) is 11.5 Å². The lowest BCUT2D eigenvalue weighted by molar-refractivity contribution is 0.262. The highest BCUT2D eigenvalue weighted by atomic mass is 35.5. The average molecular weight is 468 g/mol. The molecule has 9 heteroatoms. The molecule has 2 N–H and O–H groups in total. The number of pyridine rings is 1. The maximum absolute atomic E-state index is 13.0. The van der Waals surface area contributed by atoms with Gasteiger partial charge in [-0.2, -0.15) is 0 Å². The fraction of sp³-hybridized carbons (Fsp3) is 0.0833. The third kappa shape index (κ3) is 5.07. The molecule has 1 aromatic heterocycles. The van der Waals surface area contributed by atoms with Gasteiger partial charge in [-0.1, -0.05) is 11.6 Å². The van der Waals surface area contributed by atoms with Crippen LogP contribution in [0.3, 0.4) is 0 Å².